The standard InChI is InChI=1S/C15H22N2OS/c1-16(2)9-10-17(12-14-8-5-11-19-14)15(18)13-6-3-4-7-13/h3-5,8,11,13H,6-7,9-10,12H2,1-2H3. The first-order valence-electron chi connectivity index (χ1n) is 6.77. The van der Waals surface area contributed by atoms with Gasteiger partial charge >= 0.3 is 0 Å². The van der Waals surface area contributed by atoms with Gasteiger partial charge in [0.2, 0.25) is 5.91 Å². The van der Waals surface area contributed by atoms with Gasteiger partial charge in [0.1, 0.15) is 0 Å². The Hall–Kier alpha value is -1.13. The normalized spacial score (nSPS) is 15.3. The molecule has 1 aromatic rings. The fourth-order valence-corrected chi connectivity index (χ4v) is 2.98. The van der Waals surface area contributed by atoms with E-state index in [2.05, 4.69) is 28.5 Å². The summed E-state index contributed by atoms with van der Waals surface area (Å²) in [7, 11) is 4.09. The molecule has 1 aromatic heterocycles. The fraction of sp³-hybridized carbons (Fsp3) is 0.533. The highest BCUT2D eigenvalue weighted by molar-refractivity contribution is 7.09. The molecular formula is C15H22N2OS. The predicted molar refractivity (Wildman–Crippen MR) is 80.2 cm³/mol. The number of carbonyl (C=O) groups excluding carboxylic acids is 1. The van der Waals surface area contributed by atoms with Gasteiger partial charge in [-0.3, -0.25) is 4.79 Å². The minimum atomic E-state index is 0.169. The van der Waals surface area contributed by atoms with E-state index in [-0.39, 0.29) is 5.92 Å². The van der Waals surface area contributed by atoms with E-state index in [0.717, 1.165) is 32.5 Å². The average molecular weight is 278 g/mol. The van der Waals surface area contributed by atoms with Gasteiger partial charge in [-0.15, -0.1) is 11.3 Å². The van der Waals surface area contributed by atoms with Crippen LogP contribution >= 0.6 is 11.3 Å². The number of rotatable bonds is 6. The van der Waals surface area contributed by atoms with Gasteiger partial charge in [0, 0.05) is 23.9 Å². The fourth-order valence-electron chi connectivity index (χ4n) is 2.26. The first-order chi connectivity index (χ1) is 9.16. The highest BCUT2D eigenvalue weighted by Gasteiger charge is 2.25. The quantitative estimate of drug-likeness (QED) is 0.747. The van der Waals surface area contributed by atoms with Gasteiger partial charge in [-0.2, -0.15) is 0 Å². The second-order valence-electron chi connectivity index (χ2n) is 5.28. The lowest BCUT2D eigenvalue weighted by molar-refractivity contribution is -0.135. The Morgan fingerprint density at radius 3 is 2.63 bits per heavy atom. The Morgan fingerprint density at radius 2 is 2.05 bits per heavy atom. The van der Waals surface area contributed by atoms with Crippen molar-refractivity contribution in [2.75, 3.05) is 27.2 Å². The van der Waals surface area contributed by atoms with Gasteiger partial charge < -0.3 is 9.80 Å². The molecule has 0 aliphatic heterocycles. The molecule has 0 N–H and O–H groups in total. The molecule has 1 heterocycles. The zero-order chi connectivity index (χ0) is 13.7. The van der Waals surface area contributed by atoms with Crippen LogP contribution in [0.15, 0.2) is 29.7 Å². The maximum Gasteiger partial charge on any atom is 0.226 e. The van der Waals surface area contributed by atoms with Crippen LogP contribution in [0.25, 0.3) is 0 Å². The summed E-state index contributed by atoms with van der Waals surface area (Å²) in [6, 6.07) is 4.15. The molecule has 104 valence electrons. The van der Waals surface area contributed by atoms with E-state index >= 15 is 0 Å². The molecule has 0 saturated heterocycles. The molecule has 2 rings (SSSR count). The Kier molecular flexibility index (Phi) is 5.16. The Morgan fingerprint density at radius 1 is 1.32 bits per heavy atom. The van der Waals surface area contributed by atoms with E-state index in [9.17, 15) is 4.79 Å². The van der Waals surface area contributed by atoms with Gasteiger partial charge in [0.25, 0.3) is 0 Å². The summed E-state index contributed by atoms with van der Waals surface area (Å²) in [5.74, 6) is 0.474. The first-order valence-corrected chi connectivity index (χ1v) is 7.65. The van der Waals surface area contributed by atoms with Crippen molar-refractivity contribution < 1.29 is 4.79 Å². The van der Waals surface area contributed by atoms with E-state index < -0.39 is 0 Å². The molecular weight excluding hydrogens is 256 g/mol. The highest BCUT2D eigenvalue weighted by Crippen LogP contribution is 2.22. The molecule has 0 aromatic carbocycles. The molecule has 0 saturated carbocycles. The number of allylic oxidation sites excluding steroid dienone is 2. The third kappa shape index (κ3) is 4.18. The number of likely N-dealkylation sites (N-methyl/N-ethyl adjacent to an activating group) is 1. The SMILES string of the molecule is CN(C)CCN(Cc1cccs1)C(=O)C1CC=CC1. The van der Waals surface area contributed by atoms with Crippen molar-refractivity contribution >= 4 is 17.2 Å². The zero-order valence-corrected chi connectivity index (χ0v) is 12.5. The summed E-state index contributed by atoms with van der Waals surface area (Å²) in [5.41, 5.74) is 0. The van der Waals surface area contributed by atoms with Gasteiger partial charge in [-0.25, -0.2) is 0 Å². The lowest BCUT2D eigenvalue weighted by atomic mass is 10.1. The zero-order valence-electron chi connectivity index (χ0n) is 11.7. The Bertz CT molecular complexity index is 417. The second-order valence-corrected chi connectivity index (χ2v) is 6.31. The molecule has 3 nitrogen and oxygen atoms in total. The minimum Gasteiger partial charge on any atom is -0.336 e. The van der Waals surface area contributed by atoms with E-state index in [0.29, 0.717) is 5.91 Å². The Balaban J connectivity index is 1.98. The van der Waals surface area contributed by atoms with Gasteiger partial charge in [0.15, 0.2) is 0 Å². The number of thiophene rings is 1. The van der Waals surface area contributed by atoms with Crippen LogP contribution in [0.2, 0.25) is 0 Å². The maximum atomic E-state index is 12.6. The van der Waals surface area contributed by atoms with Crippen LogP contribution in [0.1, 0.15) is 17.7 Å². The van der Waals surface area contributed by atoms with E-state index in [4.69, 9.17) is 0 Å². The number of hydrogen-bond donors (Lipinski definition) is 0. The van der Waals surface area contributed by atoms with Crippen molar-refractivity contribution in [1.29, 1.82) is 0 Å². The summed E-state index contributed by atoms with van der Waals surface area (Å²) in [4.78, 5) is 18.0. The third-order valence-electron chi connectivity index (χ3n) is 3.41. The van der Waals surface area contributed by atoms with Crippen molar-refractivity contribution in [2.24, 2.45) is 5.92 Å². The summed E-state index contributed by atoms with van der Waals surface area (Å²) in [6.45, 7) is 2.47. The highest BCUT2D eigenvalue weighted by atomic mass is 32.1. The molecule has 0 bridgehead atoms. The number of nitrogens with zero attached hydrogens (tertiary/aromatic N) is 2. The maximum absolute atomic E-state index is 12.6. The summed E-state index contributed by atoms with van der Waals surface area (Å²) >= 11 is 1.72. The van der Waals surface area contributed by atoms with Crippen molar-refractivity contribution in [3.8, 4) is 0 Å². The van der Waals surface area contributed by atoms with Crippen LogP contribution in [0.5, 0.6) is 0 Å². The van der Waals surface area contributed by atoms with Crippen LogP contribution in [-0.4, -0.2) is 42.9 Å². The number of carbonyl (C=O) groups is 1. The number of amides is 1. The molecule has 1 aliphatic rings. The first kappa shape index (κ1) is 14.3. The van der Waals surface area contributed by atoms with Crippen molar-refractivity contribution in [3.05, 3.63) is 34.5 Å². The molecule has 1 aliphatic carbocycles. The summed E-state index contributed by atoms with van der Waals surface area (Å²) in [6.07, 6.45) is 6.05. The smallest absolute Gasteiger partial charge is 0.226 e. The minimum absolute atomic E-state index is 0.169. The summed E-state index contributed by atoms with van der Waals surface area (Å²) in [5, 5.41) is 2.07. The van der Waals surface area contributed by atoms with Crippen molar-refractivity contribution in [2.45, 2.75) is 19.4 Å². The molecule has 1 amide bonds. The van der Waals surface area contributed by atoms with Crippen LogP contribution in [0, 0.1) is 5.92 Å². The predicted octanol–water partition coefficient (Wildman–Crippen LogP) is 2.60. The van der Waals surface area contributed by atoms with E-state index in [1.165, 1.54) is 4.88 Å². The van der Waals surface area contributed by atoms with E-state index in [1.54, 1.807) is 11.3 Å². The third-order valence-corrected chi connectivity index (χ3v) is 4.27. The molecule has 0 spiro atoms. The average Bonchev–Trinajstić information content (AvgIpc) is 3.06. The van der Waals surface area contributed by atoms with E-state index in [1.807, 2.05) is 25.1 Å². The van der Waals surface area contributed by atoms with Gasteiger partial charge in [-0.1, -0.05) is 18.2 Å². The molecule has 0 unspecified atom stereocenters. The topological polar surface area (TPSA) is 23.6 Å². The van der Waals surface area contributed by atoms with Crippen LogP contribution in [0.3, 0.4) is 0 Å². The second kappa shape index (κ2) is 6.87. The van der Waals surface area contributed by atoms with Gasteiger partial charge in [-0.05, 0) is 38.4 Å². The van der Waals surface area contributed by atoms with Crippen LogP contribution < -0.4 is 0 Å². The molecule has 0 radical (unpaired) electrons. The monoisotopic (exact) mass is 278 g/mol. The van der Waals surface area contributed by atoms with Gasteiger partial charge in [0.05, 0.1) is 6.54 Å². The largest absolute Gasteiger partial charge is 0.336 e. The van der Waals surface area contributed by atoms with Crippen LogP contribution in [-0.2, 0) is 11.3 Å². The molecule has 0 fully saturated rings. The molecule has 4 heteroatoms. The molecule has 0 atom stereocenters. The van der Waals surface area contributed by atoms with Crippen molar-refractivity contribution in [3.63, 3.8) is 0 Å². The molecule has 19 heavy (non-hydrogen) atoms. The van der Waals surface area contributed by atoms with Crippen molar-refractivity contribution in [1.82, 2.24) is 9.80 Å². The van der Waals surface area contributed by atoms with Crippen LogP contribution in [0.4, 0.5) is 0 Å². The number of hydrogen-bond acceptors (Lipinski definition) is 3. The summed E-state index contributed by atoms with van der Waals surface area (Å²) < 4.78 is 0. The lowest BCUT2D eigenvalue weighted by Gasteiger charge is -2.26. The lowest BCUT2D eigenvalue weighted by Crippen LogP contribution is -2.39. The Labute approximate surface area is 119 Å².